The molecule has 0 spiro atoms. The average molecular weight is 305 g/mol. The smallest absolute Gasteiger partial charge is 0.150 e. The summed E-state index contributed by atoms with van der Waals surface area (Å²) in [6.07, 6.45) is 3.48. The second-order valence-electron chi connectivity index (χ2n) is 5.66. The predicted octanol–water partition coefficient (Wildman–Crippen LogP) is 2.30. The molecule has 2 unspecified atom stereocenters. The Morgan fingerprint density at radius 3 is 2.74 bits per heavy atom. The Hall–Kier alpha value is -0.550. The van der Waals surface area contributed by atoms with Crippen molar-refractivity contribution in [2.45, 2.75) is 32.7 Å². The second-order valence-corrected chi connectivity index (χ2v) is 8.20. The molecule has 2 atom stereocenters. The topological polar surface area (TPSA) is 52.0 Å². The quantitative estimate of drug-likeness (QED) is 0.784. The molecule has 0 aromatic carbocycles. The van der Waals surface area contributed by atoms with Crippen molar-refractivity contribution in [1.82, 2.24) is 9.78 Å². The molecule has 19 heavy (non-hydrogen) atoms. The van der Waals surface area contributed by atoms with Crippen molar-refractivity contribution in [2.75, 3.05) is 17.4 Å². The Balaban J connectivity index is 2.02. The number of alkyl halides is 1. The lowest BCUT2D eigenvalue weighted by Gasteiger charge is -2.18. The highest BCUT2D eigenvalue weighted by atomic mass is 35.5. The molecule has 0 N–H and O–H groups in total. The van der Waals surface area contributed by atoms with Gasteiger partial charge in [-0.1, -0.05) is 0 Å². The van der Waals surface area contributed by atoms with E-state index in [2.05, 4.69) is 18.9 Å². The molecule has 1 aliphatic rings. The Morgan fingerprint density at radius 2 is 2.26 bits per heavy atom. The summed E-state index contributed by atoms with van der Waals surface area (Å²) >= 11 is 6.03. The lowest BCUT2D eigenvalue weighted by molar-refractivity contribution is 0.391. The SMILES string of the molecule is CC(C)n1ccc(CC(CCl)C2CCS(=O)(=O)C2)n1. The molecular formula is C13H21ClN2O2S. The molecule has 2 heterocycles. The first-order valence-electron chi connectivity index (χ1n) is 6.71. The van der Waals surface area contributed by atoms with Crippen LogP contribution in [-0.2, 0) is 16.3 Å². The summed E-state index contributed by atoms with van der Waals surface area (Å²) in [6.45, 7) is 4.17. The summed E-state index contributed by atoms with van der Waals surface area (Å²) in [6, 6.07) is 2.35. The average Bonchev–Trinajstić information content (AvgIpc) is 2.92. The zero-order valence-corrected chi connectivity index (χ0v) is 13.0. The number of halogens is 1. The summed E-state index contributed by atoms with van der Waals surface area (Å²) in [5, 5.41) is 4.51. The summed E-state index contributed by atoms with van der Waals surface area (Å²) in [5.41, 5.74) is 1.00. The number of hydrogen-bond acceptors (Lipinski definition) is 3. The third-order valence-corrected chi connectivity index (χ3v) is 5.99. The van der Waals surface area contributed by atoms with Gasteiger partial charge in [-0.25, -0.2) is 8.42 Å². The van der Waals surface area contributed by atoms with E-state index in [9.17, 15) is 8.42 Å². The normalized spacial score (nSPS) is 23.9. The van der Waals surface area contributed by atoms with E-state index in [-0.39, 0.29) is 17.6 Å². The maximum absolute atomic E-state index is 11.5. The van der Waals surface area contributed by atoms with Gasteiger partial charge in [0.2, 0.25) is 0 Å². The van der Waals surface area contributed by atoms with E-state index in [0.717, 1.165) is 18.5 Å². The van der Waals surface area contributed by atoms with Crippen LogP contribution < -0.4 is 0 Å². The van der Waals surface area contributed by atoms with Crippen molar-refractivity contribution in [3.8, 4) is 0 Å². The standard InChI is InChI=1S/C13H21ClN2O2S/c1-10(2)16-5-3-13(15-16)7-12(8-14)11-4-6-19(17,18)9-11/h3,5,10-12H,4,6-9H2,1-2H3. The van der Waals surface area contributed by atoms with Gasteiger partial charge in [-0.05, 0) is 44.6 Å². The molecule has 1 aliphatic heterocycles. The van der Waals surface area contributed by atoms with Crippen LogP contribution in [0.15, 0.2) is 12.3 Å². The maximum atomic E-state index is 11.5. The van der Waals surface area contributed by atoms with Crippen LogP contribution in [0.1, 0.15) is 32.0 Å². The Morgan fingerprint density at radius 1 is 1.53 bits per heavy atom. The van der Waals surface area contributed by atoms with E-state index in [1.54, 1.807) is 0 Å². The number of aromatic nitrogens is 2. The van der Waals surface area contributed by atoms with Gasteiger partial charge in [0.25, 0.3) is 0 Å². The van der Waals surface area contributed by atoms with E-state index >= 15 is 0 Å². The van der Waals surface area contributed by atoms with Gasteiger partial charge in [0.05, 0.1) is 17.2 Å². The fourth-order valence-corrected chi connectivity index (χ4v) is 4.87. The molecule has 0 aliphatic carbocycles. The lowest BCUT2D eigenvalue weighted by atomic mass is 9.89. The minimum atomic E-state index is -2.84. The summed E-state index contributed by atoms with van der Waals surface area (Å²) in [5.74, 6) is 1.48. The highest BCUT2D eigenvalue weighted by Gasteiger charge is 2.33. The van der Waals surface area contributed by atoms with Crippen molar-refractivity contribution in [2.24, 2.45) is 11.8 Å². The first kappa shape index (κ1) is 14.9. The number of hydrogen-bond donors (Lipinski definition) is 0. The molecule has 0 saturated carbocycles. The van der Waals surface area contributed by atoms with Crippen LogP contribution >= 0.6 is 11.6 Å². The van der Waals surface area contributed by atoms with Gasteiger partial charge in [-0.2, -0.15) is 5.10 Å². The van der Waals surface area contributed by atoms with E-state index in [4.69, 9.17) is 11.6 Å². The van der Waals surface area contributed by atoms with Crippen LogP contribution in [-0.4, -0.2) is 35.6 Å². The molecule has 4 nitrogen and oxygen atoms in total. The zero-order chi connectivity index (χ0) is 14.0. The highest BCUT2D eigenvalue weighted by Crippen LogP contribution is 2.29. The molecule has 108 valence electrons. The largest absolute Gasteiger partial charge is 0.270 e. The van der Waals surface area contributed by atoms with Gasteiger partial charge >= 0.3 is 0 Å². The van der Waals surface area contributed by atoms with Crippen molar-refractivity contribution < 1.29 is 8.42 Å². The van der Waals surface area contributed by atoms with E-state index in [0.29, 0.717) is 17.7 Å². The van der Waals surface area contributed by atoms with E-state index in [1.807, 2.05) is 16.9 Å². The molecule has 6 heteroatoms. The van der Waals surface area contributed by atoms with Gasteiger partial charge < -0.3 is 0 Å². The van der Waals surface area contributed by atoms with Gasteiger partial charge in [0.1, 0.15) is 0 Å². The third-order valence-electron chi connectivity index (χ3n) is 3.80. The van der Waals surface area contributed by atoms with Crippen LogP contribution in [0.4, 0.5) is 0 Å². The molecule has 1 saturated heterocycles. The molecule has 0 amide bonds. The van der Waals surface area contributed by atoms with Crippen molar-refractivity contribution in [3.63, 3.8) is 0 Å². The lowest BCUT2D eigenvalue weighted by Crippen LogP contribution is -2.20. The van der Waals surface area contributed by atoms with Crippen LogP contribution in [0, 0.1) is 11.8 Å². The Kier molecular flexibility index (Phi) is 4.56. The summed E-state index contributed by atoms with van der Waals surface area (Å²) < 4.78 is 25.0. The van der Waals surface area contributed by atoms with Gasteiger partial charge in [0, 0.05) is 18.1 Å². The molecule has 0 radical (unpaired) electrons. The molecule has 1 aromatic rings. The minimum absolute atomic E-state index is 0.187. The number of sulfone groups is 1. The molecule has 2 rings (SSSR count). The molecule has 1 aromatic heterocycles. The van der Waals surface area contributed by atoms with E-state index in [1.165, 1.54) is 0 Å². The van der Waals surface area contributed by atoms with Crippen LogP contribution in [0.3, 0.4) is 0 Å². The first-order chi connectivity index (χ1) is 8.91. The van der Waals surface area contributed by atoms with E-state index < -0.39 is 9.84 Å². The molecule has 1 fully saturated rings. The van der Waals surface area contributed by atoms with Gasteiger partial charge in [-0.3, -0.25) is 4.68 Å². The second kappa shape index (κ2) is 5.83. The molecule has 0 bridgehead atoms. The van der Waals surface area contributed by atoms with Crippen molar-refractivity contribution >= 4 is 21.4 Å². The highest BCUT2D eigenvalue weighted by molar-refractivity contribution is 7.91. The number of rotatable bonds is 5. The first-order valence-corrected chi connectivity index (χ1v) is 9.07. The third kappa shape index (κ3) is 3.72. The fraction of sp³-hybridized carbons (Fsp3) is 0.769. The van der Waals surface area contributed by atoms with Gasteiger partial charge in [0.15, 0.2) is 9.84 Å². The minimum Gasteiger partial charge on any atom is -0.270 e. The Labute approximate surface area is 120 Å². The van der Waals surface area contributed by atoms with Gasteiger partial charge in [-0.15, -0.1) is 11.6 Å². The summed E-state index contributed by atoms with van der Waals surface area (Å²) in [7, 11) is -2.84. The van der Waals surface area contributed by atoms with Crippen LogP contribution in [0.5, 0.6) is 0 Å². The molecular weight excluding hydrogens is 284 g/mol. The van der Waals surface area contributed by atoms with Crippen molar-refractivity contribution in [3.05, 3.63) is 18.0 Å². The fourth-order valence-electron chi connectivity index (χ4n) is 2.59. The zero-order valence-electron chi connectivity index (χ0n) is 11.4. The maximum Gasteiger partial charge on any atom is 0.150 e. The Bertz CT molecular complexity index is 525. The van der Waals surface area contributed by atoms with Crippen molar-refractivity contribution in [1.29, 1.82) is 0 Å². The van der Waals surface area contributed by atoms with Crippen LogP contribution in [0.25, 0.3) is 0 Å². The number of nitrogens with zero attached hydrogens (tertiary/aromatic N) is 2. The summed E-state index contributed by atoms with van der Waals surface area (Å²) in [4.78, 5) is 0. The monoisotopic (exact) mass is 304 g/mol. The predicted molar refractivity (Wildman–Crippen MR) is 77.3 cm³/mol. The van der Waals surface area contributed by atoms with Crippen LogP contribution in [0.2, 0.25) is 0 Å².